The molecule has 0 fully saturated rings. The molecule has 1 heterocycles. The van der Waals surface area contributed by atoms with Gasteiger partial charge in [0.15, 0.2) is 0 Å². The third kappa shape index (κ3) is 3.76. The largest absolute Gasteiger partial charge is 0.238 e. The summed E-state index contributed by atoms with van der Waals surface area (Å²) in [4.78, 5) is 4.52. The van der Waals surface area contributed by atoms with E-state index in [1.165, 1.54) is 23.5 Å². The standard InChI is InChI=1S/C18H14FN3S/c19-15-9-7-14(8-10-15)17-12-23-18(21-17)16(22-20)11-6-13-4-2-1-3-5-13/h1-12,16,20H. The molecule has 0 bridgehead atoms. The number of benzene rings is 2. The highest BCUT2D eigenvalue weighted by molar-refractivity contribution is 7.10. The summed E-state index contributed by atoms with van der Waals surface area (Å²) in [5, 5.41) is 6.29. The SMILES string of the molecule is N=NC(C=Cc1ccccc1)c1nc(-c2ccc(F)cc2)cs1. The van der Waals surface area contributed by atoms with Crippen LogP contribution in [0.3, 0.4) is 0 Å². The highest BCUT2D eigenvalue weighted by Crippen LogP contribution is 2.28. The predicted octanol–water partition coefficient (Wildman–Crippen LogP) is 5.73. The van der Waals surface area contributed by atoms with Gasteiger partial charge >= 0.3 is 0 Å². The van der Waals surface area contributed by atoms with Crippen LogP contribution in [0.25, 0.3) is 17.3 Å². The Bertz CT molecular complexity index is 810. The lowest BCUT2D eigenvalue weighted by molar-refractivity contribution is 0.628. The van der Waals surface area contributed by atoms with Gasteiger partial charge in [-0.15, -0.1) is 11.3 Å². The third-order valence-electron chi connectivity index (χ3n) is 3.32. The van der Waals surface area contributed by atoms with E-state index >= 15 is 0 Å². The summed E-state index contributed by atoms with van der Waals surface area (Å²) in [5.41, 5.74) is 10.1. The van der Waals surface area contributed by atoms with Gasteiger partial charge in [-0.1, -0.05) is 42.5 Å². The van der Waals surface area contributed by atoms with Gasteiger partial charge in [0.25, 0.3) is 0 Å². The van der Waals surface area contributed by atoms with Gasteiger partial charge < -0.3 is 0 Å². The molecule has 1 atom stereocenters. The summed E-state index contributed by atoms with van der Waals surface area (Å²) in [6.07, 6.45) is 3.79. The van der Waals surface area contributed by atoms with E-state index < -0.39 is 6.04 Å². The maximum Gasteiger partial charge on any atom is 0.140 e. The molecule has 114 valence electrons. The van der Waals surface area contributed by atoms with E-state index in [-0.39, 0.29) is 5.82 Å². The molecule has 0 aliphatic carbocycles. The van der Waals surface area contributed by atoms with Crippen LogP contribution in [0.1, 0.15) is 16.6 Å². The average molecular weight is 323 g/mol. The number of nitrogens with zero attached hydrogens (tertiary/aromatic N) is 2. The van der Waals surface area contributed by atoms with Crippen molar-refractivity contribution in [2.45, 2.75) is 6.04 Å². The van der Waals surface area contributed by atoms with Crippen LogP contribution in [0.5, 0.6) is 0 Å². The highest BCUT2D eigenvalue weighted by Gasteiger charge is 2.12. The number of rotatable bonds is 5. The fourth-order valence-electron chi connectivity index (χ4n) is 2.12. The van der Waals surface area contributed by atoms with Crippen LogP contribution in [0.15, 0.2) is 71.2 Å². The monoisotopic (exact) mass is 323 g/mol. The van der Waals surface area contributed by atoms with Crippen LogP contribution in [0.2, 0.25) is 0 Å². The Morgan fingerprint density at radius 1 is 1.09 bits per heavy atom. The molecule has 1 unspecified atom stereocenters. The highest BCUT2D eigenvalue weighted by atomic mass is 32.1. The Labute approximate surface area is 137 Å². The molecule has 0 saturated heterocycles. The fraction of sp³-hybridized carbons (Fsp3) is 0.0556. The van der Waals surface area contributed by atoms with Crippen molar-refractivity contribution in [1.82, 2.24) is 4.98 Å². The van der Waals surface area contributed by atoms with Gasteiger partial charge in [0.1, 0.15) is 16.9 Å². The van der Waals surface area contributed by atoms with Crippen molar-refractivity contribution >= 4 is 17.4 Å². The number of thiazole rings is 1. The molecule has 3 nitrogen and oxygen atoms in total. The summed E-state index contributed by atoms with van der Waals surface area (Å²) in [6, 6.07) is 15.7. The van der Waals surface area contributed by atoms with E-state index in [0.29, 0.717) is 0 Å². The van der Waals surface area contributed by atoms with E-state index in [1.54, 1.807) is 12.1 Å². The van der Waals surface area contributed by atoms with E-state index in [0.717, 1.165) is 21.8 Å². The number of halogens is 1. The Hall–Kier alpha value is -2.66. The molecule has 0 aliphatic heterocycles. The second-order valence-corrected chi connectivity index (χ2v) is 5.81. The van der Waals surface area contributed by atoms with Crippen molar-refractivity contribution in [3.63, 3.8) is 0 Å². The van der Waals surface area contributed by atoms with Gasteiger partial charge in [0.05, 0.1) is 5.69 Å². The summed E-state index contributed by atoms with van der Waals surface area (Å²) >= 11 is 1.45. The summed E-state index contributed by atoms with van der Waals surface area (Å²) < 4.78 is 13.0. The zero-order chi connectivity index (χ0) is 16.1. The minimum atomic E-state index is -0.408. The quantitative estimate of drug-likeness (QED) is 0.598. The van der Waals surface area contributed by atoms with Gasteiger partial charge in [-0.3, -0.25) is 0 Å². The fourth-order valence-corrected chi connectivity index (χ4v) is 2.97. The summed E-state index contributed by atoms with van der Waals surface area (Å²) in [5.74, 6) is -0.269. The van der Waals surface area contributed by atoms with Crippen molar-refractivity contribution in [2.75, 3.05) is 0 Å². The molecule has 5 heteroatoms. The van der Waals surface area contributed by atoms with Crippen LogP contribution in [-0.4, -0.2) is 4.98 Å². The van der Waals surface area contributed by atoms with Crippen LogP contribution in [0.4, 0.5) is 4.39 Å². The molecule has 0 radical (unpaired) electrons. The minimum absolute atomic E-state index is 0.269. The van der Waals surface area contributed by atoms with Crippen molar-refractivity contribution < 1.29 is 4.39 Å². The van der Waals surface area contributed by atoms with E-state index in [9.17, 15) is 4.39 Å². The smallest absolute Gasteiger partial charge is 0.140 e. The first-order valence-electron chi connectivity index (χ1n) is 7.07. The van der Waals surface area contributed by atoms with Gasteiger partial charge in [-0.25, -0.2) is 14.9 Å². The van der Waals surface area contributed by atoms with E-state index in [1.807, 2.05) is 47.9 Å². The van der Waals surface area contributed by atoms with Crippen molar-refractivity contribution in [1.29, 1.82) is 5.53 Å². The number of hydrogen-bond donors (Lipinski definition) is 1. The average Bonchev–Trinajstić information content (AvgIpc) is 3.07. The third-order valence-corrected chi connectivity index (χ3v) is 4.24. The van der Waals surface area contributed by atoms with Gasteiger partial charge in [-0.05, 0) is 29.8 Å². The zero-order valence-electron chi connectivity index (χ0n) is 12.2. The van der Waals surface area contributed by atoms with E-state index in [2.05, 4.69) is 10.1 Å². The molecule has 0 saturated carbocycles. The van der Waals surface area contributed by atoms with Crippen LogP contribution in [-0.2, 0) is 0 Å². The first kappa shape index (κ1) is 15.2. The first-order chi connectivity index (χ1) is 11.3. The Kier molecular flexibility index (Phi) is 4.68. The lowest BCUT2D eigenvalue weighted by Crippen LogP contribution is -1.90. The van der Waals surface area contributed by atoms with Crippen LogP contribution < -0.4 is 0 Å². The maximum atomic E-state index is 13.0. The van der Waals surface area contributed by atoms with Crippen molar-refractivity contribution in [3.05, 3.63) is 82.4 Å². The Morgan fingerprint density at radius 3 is 2.52 bits per heavy atom. The zero-order valence-corrected chi connectivity index (χ0v) is 13.0. The molecule has 3 aromatic rings. The molecular formula is C18H14FN3S. The summed E-state index contributed by atoms with van der Waals surface area (Å²) in [7, 11) is 0. The molecular weight excluding hydrogens is 309 g/mol. The number of aromatic nitrogens is 1. The molecule has 0 aliphatic rings. The van der Waals surface area contributed by atoms with Crippen LogP contribution in [0, 0.1) is 11.3 Å². The van der Waals surface area contributed by atoms with Gasteiger partial charge in [0, 0.05) is 10.9 Å². The van der Waals surface area contributed by atoms with Gasteiger partial charge in [-0.2, -0.15) is 5.11 Å². The lowest BCUT2D eigenvalue weighted by atomic mass is 10.1. The van der Waals surface area contributed by atoms with Gasteiger partial charge in [0.2, 0.25) is 0 Å². The maximum absolute atomic E-state index is 13.0. The molecule has 0 amide bonds. The first-order valence-corrected chi connectivity index (χ1v) is 7.95. The number of hydrogen-bond acceptors (Lipinski definition) is 4. The van der Waals surface area contributed by atoms with E-state index in [4.69, 9.17) is 5.53 Å². The minimum Gasteiger partial charge on any atom is -0.238 e. The summed E-state index contributed by atoms with van der Waals surface area (Å²) in [6.45, 7) is 0. The molecule has 1 aromatic heterocycles. The molecule has 23 heavy (non-hydrogen) atoms. The van der Waals surface area contributed by atoms with Crippen molar-refractivity contribution in [2.24, 2.45) is 5.11 Å². The second kappa shape index (κ2) is 7.07. The topological polar surface area (TPSA) is 49.1 Å². The lowest BCUT2D eigenvalue weighted by Gasteiger charge is -2.01. The molecule has 0 spiro atoms. The molecule has 2 aromatic carbocycles. The van der Waals surface area contributed by atoms with Crippen LogP contribution >= 0.6 is 11.3 Å². The normalized spacial score (nSPS) is 12.4. The second-order valence-electron chi connectivity index (χ2n) is 4.92. The molecule has 1 N–H and O–H groups in total. The molecule has 3 rings (SSSR count). The number of nitrogens with one attached hydrogen (secondary N) is 1. The Morgan fingerprint density at radius 2 is 1.83 bits per heavy atom. The predicted molar refractivity (Wildman–Crippen MR) is 90.9 cm³/mol. The Balaban J connectivity index is 1.81. The van der Waals surface area contributed by atoms with Crippen molar-refractivity contribution in [3.8, 4) is 11.3 Å².